The Bertz CT molecular complexity index is 539. The van der Waals surface area contributed by atoms with Crippen LogP contribution in [0.15, 0.2) is 18.2 Å². The molecule has 114 valence electrons. The van der Waals surface area contributed by atoms with E-state index in [1.165, 1.54) is 0 Å². The van der Waals surface area contributed by atoms with Gasteiger partial charge in [-0.05, 0) is 44.2 Å². The van der Waals surface area contributed by atoms with E-state index in [1.54, 1.807) is 4.90 Å². The van der Waals surface area contributed by atoms with Gasteiger partial charge in [0.2, 0.25) is 5.91 Å². The lowest BCUT2D eigenvalue weighted by atomic mass is 9.97. The standard InChI is InChI=1S/C17H23NO3/c1-12-6-7-13(2)14(9-12)10-16(19)18-8-4-3-5-15(18)11-17(20)21/h6-7,9,15H,3-5,8,10-11H2,1-2H3,(H,20,21). The van der Waals surface area contributed by atoms with Gasteiger partial charge in [0, 0.05) is 12.6 Å². The SMILES string of the molecule is Cc1ccc(C)c(CC(=O)N2CCCCC2CC(=O)O)c1. The average Bonchev–Trinajstić information content (AvgIpc) is 2.42. The van der Waals surface area contributed by atoms with Gasteiger partial charge >= 0.3 is 5.97 Å². The Morgan fingerprint density at radius 3 is 2.76 bits per heavy atom. The molecule has 1 aromatic rings. The number of likely N-dealkylation sites (tertiary alicyclic amines) is 1. The Balaban J connectivity index is 2.10. The minimum absolute atomic E-state index is 0.0506. The lowest BCUT2D eigenvalue weighted by Gasteiger charge is -2.35. The summed E-state index contributed by atoms with van der Waals surface area (Å²) in [7, 11) is 0. The largest absolute Gasteiger partial charge is 0.481 e. The predicted octanol–water partition coefficient (Wildman–Crippen LogP) is 2.70. The molecule has 1 atom stereocenters. The topological polar surface area (TPSA) is 57.6 Å². The van der Waals surface area contributed by atoms with Crippen molar-refractivity contribution in [1.82, 2.24) is 4.90 Å². The van der Waals surface area contributed by atoms with E-state index in [4.69, 9.17) is 5.11 Å². The summed E-state index contributed by atoms with van der Waals surface area (Å²) in [6, 6.07) is 5.97. The van der Waals surface area contributed by atoms with Gasteiger partial charge in [0.15, 0.2) is 0 Å². The Kier molecular flexibility index (Phi) is 4.99. The zero-order chi connectivity index (χ0) is 15.4. The van der Waals surface area contributed by atoms with Gasteiger partial charge in [0.05, 0.1) is 12.8 Å². The molecule has 0 bridgehead atoms. The molecule has 1 N–H and O–H groups in total. The third-order valence-corrected chi connectivity index (χ3v) is 4.20. The quantitative estimate of drug-likeness (QED) is 0.927. The lowest BCUT2D eigenvalue weighted by Crippen LogP contribution is -2.45. The normalized spacial score (nSPS) is 18.6. The molecule has 1 fully saturated rings. The molecule has 0 saturated carbocycles. The first-order valence-corrected chi connectivity index (χ1v) is 7.55. The summed E-state index contributed by atoms with van der Waals surface area (Å²) in [6.45, 7) is 4.70. The number of carboxylic acids is 1. The van der Waals surface area contributed by atoms with Crippen LogP contribution in [0.4, 0.5) is 0 Å². The molecule has 1 amide bonds. The maximum absolute atomic E-state index is 12.6. The highest BCUT2D eigenvalue weighted by Gasteiger charge is 2.28. The zero-order valence-corrected chi connectivity index (χ0v) is 12.8. The van der Waals surface area contributed by atoms with Crippen molar-refractivity contribution in [2.24, 2.45) is 0 Å². The van der Waals surface area contributed by atoms with E-state index >= 15 is 0 Å². The Hall–Kier alpha value is -1.84. The maximum atomic E-state index is 12.6. The summed E-state index contributed by atoms with van der Waals surface area (Å²) < 4.78 is 0. The molecule has 0 aromatic heterocycles. The van der Waals surface area contributed by atoms with Gasteiger partial charge in [-0.15, -0.1) is 0 Å². The van der Waals surface area contributed by atoms with E-state index in [9.17, 15) is 9.59 Å². The van der Waals surface area contributed by atoms with E-state index in [1.807, 2.05) is 32.0 Å². The molecule has 1 aliphatic heterocycles. The van der Waals surface area contributed by atoms with Crippen LogP contribution in [0.25, 0.3) is 0 Å². The minimum Gasteiger partial charge on any atom is -0.481 e. The fourth-order valence-corrected chi connectivity index (χ4v) is 3.00. The van der Waals surface area contributed by atoms with Crippen LogP contribution in [0.1, 0.15) is 42.4 Å². The highest BCUT2D eigenvalue weighted by molar-refractivity contribution is 5.80. The molecule has 1 heterocycles. The summed E-state index contributed by atoms with van der Waals surface area (Å²) in [4.78, 5) is 25.3. The average molecular weight is 289 g/mol. The van der Waals surface area contributed by atoms with E-state index in [0.717, 1.165) is 36.0 Å². The molecule has 4 nitrogen and oxygen atoms in total. The van der Waals surface area contributed by atoms with Gasteiger partial charge < -0.3 is 10.0 Å². The van der Waals surface area contributed by atoms with Crippen molar-refractivity contribution in [1.29, 1.82) is 0 Å². The van der Waals surface area contributed by atoms with Gasteiger partial charge in [-0.3, -0.25) is 9.59 Å². The number of rotatable bonds is 4. The summed E-state index contributed by atoms with van der Waals surface area (Å²) in [5.74, 6) is -0.777. The van der Waals surface area contributed by atoms with Gasteiger partial charge in [-0.1, -0.05) is 23.8 Å². The number of carbonyl (C=O) groups is 2. The number of piperidine rings is 1. The van der Waals surface area contributed by atoms with Crippen molar-refractivity contribution in [3.8, 4) is 0 Å². The number of hydrogen-bond acceptors (Lipinski definition) is 2. The second kappa shape index (κ2) is 6.74. The molecule has 21 heavy (non-hydrogen) atoms. The summed E-state index contributed by atoms with van der Waals surface area (Å²) in [5.41, 5.74) is 3.30. The Morgan fingerprint density at radius 1 is 1.29 bits per heavy atom. The second-order valence-electron chi connectivity index (χ2n) is 5.94. The number of aryl methyl sites for hydroxylation is 2. The summed E-state index contributed by atoms with van der Waals surface area (Å²) >= 11 is 0. The molecule has 1 aromatic carbocycles. The first-order chi connectivity index (χ1) is 9.97. The van der Waals surface area contributed by atoms with Crippen molar-refractivity contribution < 1.29 is 14.7 Å². The smallest absolute Gasteiger partial charge is 0.305 e. The first-order valence-electron chi connectivity index (χ1n) is 7.55. The van der Waals surface area contributed by atoms with E-state index in [-0.39, 0.29) is 18.4 Å². The molecule has 1 unspecified atom stereocenters. The fraction of sp³-hybridized carbons (Fsp3) is 0.529. The number of aliphatic carboxylic acids is 1. The molecule has 4 heteroatoms. The van der Waals surface area contributed by atoms with Crippen molar-refractivity contribution in [2.45, 2.75) is 52.0 Å². The summed E-state index contributed by atoms with van der Waals surface area (Å²) in [5, 5.41) is 9.00. The van der Waals surface area contributed by atoms with Crippen molar-refractivity contribution in [2.75, 3.05) is 6.54 Å². The minimum atomic E-state index is -0.827. The van der Waals surface area contributed by atoms with Gasteiger partial charge in [-0.2, -0.15) is 0 Å². The van der Waals surface area contributed by atoms with Crippen molar-refractivity contribution in [3.05, 3.63) is 34.9 Å². The monoisotopic (exact) mass is 289 g/mol. The Morgan fingerprint density at radius 2 is 2.05 bits per heavy atom. The highest BCUT2D eigenvalue weighted by atomic mass is 16.4. The van der Waals surface area contributed by atoms with Gasteiger partial charge in [0.25, 0.3) is 0 Å². The second-order valence-corrected chi connectivity index (χ2v) is 5.94. The van der Waals surface area contributed by atoms with Crippen molar-refractivity contribution >= 4 is 11.9 Å². The highest BCUT2D eigenvalue weighted by Crippen LogP contribution is 2.22. The number of carbonyl (C=O) groups excluding carboxylic acids is 1. The number of carboxylic acid groups (broad SMARTS) is 1. The number of hydrogen-bond donors (Lipinski definition) is 1. The van der Waals surface area contributed by atoms with E-state index in [0.29, 0.717) is 13.0 Å². The third kappa shape index (κ3) is 4.06. The molecular weight excluding hydrogens is 266 g/mol. The molecule has 2 rings (SSSR count). The lowest BCUT2D eigenvalue weighted by molar-refractivity contribution is -0.141. The Labute approximate surface area is 125 Å². The molecule has 1 aliphatic rings. The third-order valence-electron chi connectivity index (χ3n) is 4.20. The molecular formula is C17H23NO3. The number of nitrogens with zero attached hydrogens (tertiary/aromatic N) is 1. The fourth-order valence-electron chi connectivity index (χ4n) is 3.00. The van der Waals surface area contributed by atoms with E-state index in [2.05, 4.69) is 0 Å². The van der Waals surface area contributed by atoms with Gasteiger partial charge in [-0.25, -0.2) is 0 Å². The van der Waals surface area contributed by atoms with Crippen LogP contribution in [0.5, 0.6) is 0 Å². The number of amides is 1. The van der Waals surface area contributed by atoms with Crippen LogP contribution in [0.3, 0.4) is 0 Å². The van der Waals surface area contributed by atoms with Crippen LogP contribution < -0.4 is 0 Å². The molecule has 0 radical (unpaired) electrons. The molecule has 0 spiro atoms. The van der Waals surface area contributed by atoms with Crippen LogP contribution in [0, 0.1) is 13.8 Å². The first kappa shape index (κ1) is 15.5. The summed E-state index contributed by atoms with van der Waals surface area (Å²) in [6.07, 6.45) is 3.19. The maximum Gasteiger partial charge on any atom is 0.305 e. The van der Waals surface area contributed by atoms with E-state index < -0.39 is 5.97 Å². The van der Waals surface area contributed by atoms with Crippen LogP contribution in [0.2, 0.25) is 0 Å². The molecule has 1 saturated heterocycles. The van der Waals surface area contributed by atoms with Crippen LogP contribution >= 0.6 is 0 Å². The van der Waals surface area contributed by atoms with Crippen LogP contribution in [-0.2, 0) is 16.0 Å². The number of benzene rings is 1. The van der Waals surface area contributed by atoms with Gasteiger partial charge in [0.1, 0.15) is 0 Å². The predicted molar refractivity (Wildman–Crippen MR) is 81.2 cm³/mol. The zero-order valence-electron chi connectivity index (χ0n) is 12.8. The van der Waals surface area contributed by atoms with Crippen LogP contribution in [-0.4, -0.2) is 34.5 Å². The van der Waals surface area contributed by atoms with Crippen molar-refractivity contribution in [3.63, 3.8) is 0 Å². The molecule has 0 aliphatic carbocycles.